The Morgan fingerprint density at radius 1 is 1.15 bits per heavy atom. The topological polar surface area (TPSA) is 64.6 Å². The summed E-state index contributed by atoms with van der Waals surface area (Å²) in [5.74, 6) is -0.838. The quantitative estimate of drug-likeness (QED) is 0.553. The lowest BCUT2D eigenvalue weighted by Crippen LogP contribution is -2.30. The SMILES string of the molecule is CON(OCc1nnc(Cc2c(F)cccc2Cl)s1)C(=O)c1ccccc1. The zero-order valence-corrected chi connectivity index (χ0v) is 15.8. The third-order valence-corrected chi connectivity index (χ3v) is 4.81. The Balaban J connectivity index is 1.63. The number of hydrogen-bond acceptors (Lipinski definition) is 6. The highest BCUT2D eigenvalue weighted by Gasteiger charge is 2.18. The summed E-state index contributed by atoms with van der Waals surface area (Å²) in [5, 5.41) is 10.2. The van der Waals surface area contributed by atoms with Crippen LogP contribution in [0.15, 0.2) is 48.5 Å². The summed E-state index contributed by atoms with van der Waals surface area (Å²) < 4.78 is 13.9. The predicted octanol–water partition coefficient (Wildman–Crippen LogP) is 4.06. The van der Waals surface area contributed by atoms with Crippen molar-refractivity contribution >= 4 is 28.8 Å². The molecule has 9 heteroatoms. The van der Waals surface area contributed by atoms with Crippen LogP contribution in [0.3, 0.4) is 0 Å². The molecule has 0 atom stereocenters. The molecule has 0 aliphatic rings. The Hall–Kier alpha value is -2.39. The molecule has 6 nitrogen and oxygen atoms in total. The van der Waals surface area contributed by atoms with E-state index in [0.717, 1.165) is 5.23 Å². The number of amides is 1. The molecule has 0 aliphatic heterocycles. The van der Waals surface area contributed by atoms with E-state index in [0.29, 0.717) is 26.2 Å². The Kier molecular flexibility index (Phi) is 6.46. The zero-order valence-electron chi connectivity index (χ0n) is 14.3. The van der Waals surface area contributed by atoms with Crippen LogP contribution in [0.4, 0.5) is 4.39 Å². The molecule has 0 spiro atoms. The molecule has 0 N–H and O–H groups in total. The van der Waals surface area contributed by atoms with Gasteiger partial charge in [-0.25, -0.2) is 14.1 Å². The molecule has 0 radical (unpaired) electrons. The highest BCUT2D eigenvalue weighted by molar-refractivity contribution is 7.11. The second-order valence-electron chi connectivity index (χ2n) is 5.35. The first-order valence-corrected chi connectivity index (χ1v) is 9.08. The van der Waals surface area contributed by atoms with Gasteiger partial charge < -0.3 is 0 Å². The molecule has 1 heterocycles. The van der Waals surface area contributed by atoms with Crippen molar-refractivity contribution in [2.75, 3.05) is 7.11 Å². The van der Waals surface area contributed by atoms with Crippen LogP contribution in [0.2, 0.25) is 5.02 Å². The fourth-order valence-electron chi connectivity index (χ4n) is 2.26. The van der Waals surface area contributed by atoms with Crippen LogP contribution in [0.5, 0.6) is 0 Å². The lowest BCUT2D eigenvalue weighted by Gasteiger charge is -2.17. The first kappa shape index (κ1) is 19.4. The Bertz CT molecular complexity index is 903. The van der Waals surface area contributed by atoms with Crippen molar-refractivity contribution in [2.24, 2.45) is 0 Å². The smallest absolute Gasteiger partial charge is 0.264 e. The molecule has 140 valence electrons. The van der Waals surface area contributed by atoms with Crippen molar-refractivity contribution in [3.05, 3.63) is 80.5 Å². The second kappa shape index (κ2) is 9.01. The number of hydroxylamine groups is 2. The number of carbonyl (C=O) groups excluding carboxylic acids is 1. The van der Waals surface area contributed by atoms with Gasteiger partial charge in [-0.2, -0.15) is 0 Å². The van der Waals surface area contributed by atoms with E-state index in [-0.39, 0.29) is 13.0 Å². The average Bonchev–Trinajstić information content (AvgIpc) is 3.13. The number of hydrogen-bond donors (Lipinski definition) is 0. The Labute approximate surface area is 164 Å². The standard InChI is InChI=1S/C18H15ClFN3O3S/c1-25-23(18(24)12-6-3-2-4-7-12)26-11-17-22-21-16(27-17)10-13-14(19)8-5-9-15(13)20/h2-9H,10-11H2,1H3. The van der Waals surface area contributed by atoms with E-state index in [9.17, 15) is 9.18 Å². The summed E-state index contributed by atoms with van der Waals surface area (Å²) in [6.07, 6.45) is 0.222. The summed E-state index contributed by atoms with van der Waals surface area (Å²) in [5.41, 5.74) is 0.784. The molecule has 27 heavy (non-hydrogen) atoms. The van der Waals surface area contributed by atoms with E-state index in [2.05, 4.69) is 10.2 Å². The molecule has 0 saturated heterocycles. The van der Waals surface area contributed by atoms with Crippen molar-refractivity contribution in [1.82, 2.24) is 15.4 Å². The Morgan fingerprint density at radius 3 is 2.59 bits per heavy atom. The number of carbonyl (C=O) groups is 1. The molecule has 3 aromatic rings. The highest BCUT2D eigenvalue weighted by atomic mass is 35.5. The minimum Gasteiger partial charge on any atom is -0.264 e. The van der Waals surface area contributed by atoms with Crippen LogP contribution >= 0.6 is 22.9 Å². The molecule has 0 saturated carbocycles. The first-order valence-electron chi connectivity index (χ1n) is 7.89. The highest BCUT2D eigenvalue weighted by Crippen LogP contribution is 2.24. The zero-order chi connectivity index (χ0) is 19.2. The van der Waals surface area contributed by atoms with Gasteiger partial charge in [0, 0.05) is 22.6 Å². The molecule has 1 amide bonds. The molecule has 3 rings (SSSR count). The Morgan fingerprint density at radius 2 is 1.89 bits per heavy atom. The minimum atomic E-state index is -0.444. The van der Waals surface area contributed by atoms with Crippen molar-refractivity contribution in [1.29, 1.82) is 0 Å². The lowest BCUT2D eigenvalue weighted by atomic mass is 10.1. The molecular weight excluding hydrogens is 393 g/mol. The largest absolute Gasteiger partial charge is 0.303 e. The van der Waals surface area contributed by atoms with Crippen molar-refractivity contribution in [3.8, 4) is 0 Å². The number of benzene rings is 2. The fraction of sp³-hybridized carbons (Fsp3) is 0.167. The van der Waals surface area contributed by atoms with Gasteiger partial charge in [0.1, 0.15) is 22.4 Å². The second-order valence-corrected chi connectivity index (χ2v) is 6.90. The van der Waals surface area contributed by atoms with Crippen LogP contribution < -0.4 is 0 Å². The van der Waals surface area contributed by atoms with Gasteiger partial charge in [-0.1, -0.05) is 52.4 Å². The summed E-state index contributed by atoms with van der Waals surface area (Å²) in [7, 11) is 1.33. The van der Waals surface area contributed by atoms with Crippen molar-refractivity contribution in [2.45, 2.75) is 13.0 Å². The van der Waals surface area contributed by atoms with Gasteiger partial charge in [0.2, 0.25) is 0 Å². The summed E-state index contributed by atoms with van der Waals surface area (Å²) in [6.45, 7) is -0.0188. The van der Waals surface area contributed by atoms with Gasteiger partial charge in [-0.3, -0.25) is 4.79 Å². The number of halogens is 2. The maximum Gasteiger partial charge on any atom is 0.303 e. The van der Waals surface area contributed by atoms with E-state index in [1.54, 1.807) is 42.5 Å². The van der Waals surface area contributed by atoms with Gasteiger partial charge in [-0.15, -0.1) is 10.2 Å². The lowest BCUT2D eigenvalue weighted by molar-refractivity contribution is -0.320. The summed E-state index contributed by atoms with van der Waals surface area (Å²) in [4.78, 5) is 22.7. The van der Waals surface area contributed by atoms with E-state index >= 15 is 0 Å². The molecule has 0 unspecified atom stereocenters. The normalized spacial score (nSPS) is 10.8. The van der Waals surface area contributed by atoms with Crippen molar-refractivity contribution < 1.29 is 18.9 Å². The maximum absolute atomic E-state index is 13.9. The number of aromatic nitrogens is 2. The van der Waals surface area contributed by atoms with Crippen LogP contribution in [0.1, 0.15) is 25.9 Å². The predicted molar refractivity (Wildman–Crippen MR) is 98.5 cm³/mol. The van der Waals surface area contributed by atoms with Crippen LogP contribution in [0.25, 0.3) is 0 Å². The van der Waals surface area contributed by atoms with E-state index in [1.807, 2.05) is 0 Å². The maximum atomic E-state index is 13.9. The van der Waals surface area contributed by atoms with Gasteiger partial charge in [0.25, 0.3) is 0 Å². The van der Waals surface area contributed by atoms with Gasteiger partial charge in [0.05, 0.1) is 7.11 Å². The molecular formula is C18H15ClFN3O3S. The fourth-order valence-corrected chi connectivity index (χ4v) is 3.26. The first-order chi connectivity index (χ1) is 13.1. The van der Waals surface area contributed by atoms with E-state index < -0.39 is 11.7 Å². The van der Waals surface area contributed by atoms with Gasteiger partial charge >= 0.3 is 5.91 Å². The summed E-state index contributed by atoms with van der Waals surface area (Å²) in [6, 6.07) is 13.1. The van der Waals surface area contributed by atoms with Crippen LogP contribution in [-0.4, -0.2) is 28.4 Å². The van der Waals surface area contributed by atoms with Gasteiger partial charge in [-0.05, 0) is 24.3 Å². The van der Waals surface area contributed by atoms with Crippen LogP contribution in [-0.2, 0) is 22.7 Å². The minimum absolute atomic E-state index is 0.0188. The molecule has 1 aromatic heterocycles. The molecule has 0 aliphatic carbocycles. The van der Waals surface area contributed by atoms with E-state index in [4.69, 9.17) is 21.3 Å². The van der Waals surface area contributed by atoms with Gasteiger partial charge in [0.15, 0.2) is 0 Å². The third kappa shape index (κ3) is 4.86. The number of rotatable bonds is 7. The van der Waals surface area contributed by atoms with Crippen molar-refractivity contribution in [3.63, 3.8) is 0 Å². The third-order valence-electron chi connectivity index (χ3n) is 3.56. The van der Waals surface area contributed by atoms with Crippen LogP contribution in [0, 0.1) is 5.82 Å². The summed E-state index contributed by atoms with van der Waals surface area (Å²) >= 11 is 7.27. The van der Waals surface area contributed by atoms with E-state index in [1.165, 1.54) is 24.5 Å². The molecule has 0 fully saturated rings. The average molecular weight is 408 g/mol. The number of nitrogens with zero attached hydrogens (tertiary/aromatic N) is 3. The monoisotopic (exact) mass is 407 g/mol. The molecule has 2 aromatic carbocycles. The molecule has 0 bridgehead atoms.